The van der Waals surface area contributed by atoms with Crippen LogP contribution in [0.3, 0.4) is 0 Å². The Labute approximate surface area is 151 Å². The molecule has 0 aliphatic carbocycles. The van der Waals surface area contributed by atoms with Gasteiger partial charge < -0.3 is 14.3 Å². The third kappa shape index (κ3) is 3.11. The summed E-state index contributed by atoms with van der Waals surface area (Å²) in [5, 5.41) is 2.93. The van der Waals surface area contributed by atoms with E-state index in [9.17, 15) is 4.79 Å². The maximum absolute atomic E-state index is 12.3. The van der Waals surface area contributed by atoms with Crippen LogP contribution in [0.15, 0.2) is 71.3 Å². The normalized spacial score (nSPS) is 11.0. The fourth-order valence-electron chi connectivity index (χ4n) is 3.12. The maximum Gasteiger partial charge on any atom is 0.291 e. The number of aromatic nitrogens is 2. The SMILES string of the molecule is Cn1c(CCc2ccccc2NC(=O)c2ccco2)nc2ccccc21. The van der Waals surface area contributed by atoms with Crippen molar-refractivity contribution < 1.29 is 9.21 Å². The van der Waals surface area contributed by atoms with Crippen LogP contribution in [0.5, 0.6) is 0 Å². The molecule has 0 bridgehead atoms. The van der Waals surface area contributed by atoms with E-state index in [2.05, 4.69) is 16.0 Å². The van der Waals surface area contributed by atoms with Gasteiger partial charge in [-0.1, -0.05) is 30.3 Å². The van der Waals surface area contributed by atoms with Gasteiger partial charge in [0, 0.05) is 19.2 Å². The van der Waals surface area contributed by atoms with Gasteiger partial charge in [-0.3, -0.25) is 4.79 Å². The van der Waals surface area contributed by atoms with Crippen molar-refractivity contribution in [3.8, 4) is 0 Å². The van der Waals surface area contributed by atoms with Gasteiger partial charge >= 0.3 is 0 Å². The predicted octanol–water partition coefficient (Wildman–Crippen LogP) is 4.20. The number of carbonyl (C=O) groups excluding carboxylic acids is 1. The van der Waals surface area contributed by atoms with Crippen LogP contribution in [0.2, 0.25) is 0 Å². The molecule has 0 fully saturated rings. The molecule has 1 N–H and O–H groups in total. The zero-order chi connectivity index (χ0) is 17.9. The number of nitrogens with zero attached hydrogens (tertiary/aromatic N) is 2. The first-order valence-electron chi connectivity index (χ1n) is 8.55. The van der Waals surface area contributed by atoms with Crippen LogP contribution in [-0.4, -0.2) is 15.5 Å². The molecule has 1 amide bonds. The standard InChI is InChI=1S/C21H19N3O2/c1-24-18-10-5-4-9-17(18)22-20(24)13-12-15-7-2-3-8-16(15)23-21(25)19-11-6-14-26-19/h2-11,14H,12-13H2,1H3,(H,23,25). The molecule has 4 aromatic rings. The number of amides is 1. The van der Waals surface area contributed by atoms with Crippen LogP contribution in [-0.2, 0) is 19.9 Å². The first kappa shape index (κ1) is 16.1. The van der Waals surface area contributed by atoms with E-state index in [1.54, 1.807) is 12.1 Å². The minimum Gasteiger partial charge on any atom is -0.459 e. The summed E-state index contributed by atoms with van der Waals surface area (Å²) < 4.78 is 7.29. The molecule has 2 aromatic carbocycles. The van der Waals surface area contributed by atoms with Crippen molar-refractivity contribution in [2.45, 2.75) is 12.8 Å². The zero-order valence-electron chi connectivity index (χ0n) is 14.5. The second kappa shape index (κ2) is 6.88. The summed E-state index contributed by atoms with van der Waals surface area (Å²) in [5.41, 5.74) is 4.00. The van der Waals surface area contributed by atoms with Crippen molar-refractivity contribution in [1.82, 2.24) is 9.55 Å². The second-order valence-electron chi connectivity index (χ2n) is 6.16. The van der Waals surface area contributed by atoms with E-state index < -0.39 is 0 Å². The minimum absolute atomic E-state index is 0.245. The highest BCUT2D eigenvalue weighted by molar-refractivity contribution is 6.02. The maximum atomic E-state index is 12.3. The first-order valence-corrected chi connectivity index (χ1v) is 8.55. The van der Waals surface area contributed by atoms with Crippen molar-refractivity contribution in [2.75, 3.05) is 5.32 Å². The number of anilines is 1. The van der Waals surface area contributed by atoms with Crippen LogP contribution < -0.4 is 5.32 Å². The van der Waals surface area contributed by atoms with Crippen LogP contribution in [0.1, 0.15) is 21.9 Å². The number of hydrogen-bond acceptors (Lipinski definition) is 3. The molecule has 5 heteroatoms. The Morgan fingerprint density at radius 3 is 2.65 bits per heavy atom. The van der Waals surface area contributed by atoms with Crippen molar-refractivity contribution in [3.05, 3.63) is 84.1 Å². The molecule has 0 aliphatic heterocycles. The largest absolute Gasteiger partial charge is 0.459 e. The van der Waals surface area contributed by atoms with Gasteiger partial charge in [0.1, 0.15) is 5.82 Å². The Balaban J connectivity index is 1.53. The Morgan fingerprint density at radius 2 is 1.85 bits per heavy atom. The Morgan fingerprint density at radius 1 is 1.04 bits per heavy atom. The Kier molecular flexibility index (Phi) is 4.27. The number of rotatable bonds is 5. The van der Waals surface area contributed by atoms with E-state index in [0.29, 0.717) is 5.76 Å². The quantitative estimate of drug-likeness (QED) is 0.589. The number of hydrogen-bond donors (Lipinski definition) is 1. The number of para-hydroxylation sites is 3. The van der Waals surface area contributed by atoms with E-state index in [1.807, 2.05) is 49.5 Å². The first-order chi connectivity index (χ1) is 12.7. The Bertz CT molecular complexity index is 1050. The highest BCUT2D eigenvalue weighted by atomic mass is 16.3. The molecule has 0 aliphatic rings. The molecule has 0 atom stereocenters. The molecule has 2 heterocycles. The van der Waals surface area contributed by atoms with Gasteiger partial charge in [-0.15, -0.1) is 0 Å². The lowest BCUT2D eigenvalue weighted by Gasteiger charge is -2.10. The molecule has 0 saturated carbocycles. The lowest BCUT2D eigenvalue weighted by atomic mass is 10.1. The zero-order valence-corrected chi connectivity index (χ0v) is 14.5. The topological polar surface area (TPSA) is 60.1 Å². The summed E-state index contributed by atoms with van der Waals surface area (Å²) in [6.45, 7) is 0. The average Bonchev–Trinajstić information content (AvgIpc) is 3.30. The van der Waals surface area contributed by atoms with Gasteiger partial charge in [0.25, 0.3) is 5.91 Å². The molecular weight excluding hydrogens is 326 g/mol. The van der Waals surface area contributed by atoms with Crippen molar-refractivity contribution >= 4 is 22.6 Å². The van der Waals surface area contributed by atoms with Gasteiger partial charge in [0.15, 0.2) is 5.76 Å². The lowest BCUT2D eigenvalue weighted by Crippen LogP contribution is -2.13. The number of furan rings is 1. The molecule has 5 nitrogen and oxygen atoms in total. The highest BCUT2D eigenvalue weighted by Gasteiger charge is 2.12. The molecular formula is C21H19N3O2. The summed E-state index contributed by atoms with van der Waals surface area (Å²) in [6, 6.07) is 19.3. The molecule has 0 unspecified atom stereocenters. The monoisotopic (exact) mass is 345 g/mol. The van der Waals surface area contributed by atoms with Gasteiger partial charge in [0.2, 0.25) is 0 Å². The van der Waals surface area contributed by atoms with Gasteiger partial charge in [-0.05, 0) is 42.3 Å². The number of aryl methyl sites for hydroxylation is 3. The van der Waals surface area contributed by atoms with Crippen LogP contribution in [0, 0.1) is 0 Å². The highest BCUT2D eigenvalue weighted by Crippen LogP contribution is 2.20. The summed E-state index contributed by atoms with van der Waals surface area (Å²) in [7, 11) is 2.04. The summed E-state index contributed by atoms with van der Waals surface area (Å²) in [4.78, 5) is 17.0. The molecule has 0 spiro atoms. The third-order valence-corrected chi connectivity index (χ3v) is 4.51. The van der Waals surface area contributed by atoms with Gasteiger partial charge in [-0.2, -0.15) is 0 Å². The number of carbonyl (C=O) groups is 1. The van der Waals surface area contributed by atoms with E-state index in [4.69, 9.17) is 9.40 Å². The van der Waals surface area contributed by atoms with E-state index in [0.717, 1.165) is 41.0 Å². The lowest BCUT2D eigenvalue weighted by molar-refractivity contribution is 0.0996. The Hall–Kier alpha value is -3.34. The van der Waals surface area contributed by atoms with Crippen LogP contribution in [0.4, 0.5) is 5.69 Å². The summed E-state index contributed by atoms with van der Waals surface area (Å²) in [5.74, 6) is 1.08. The van der Waals surface area contributed by atoms with Gasteiger partial charge in [-0.25, -0.2) is 4.98 Å². The smallest absolute Gasteiger partial charge is 0.291 e. The van der Waals surface area contributed by atoms with Crippen molar-refractivity contribution in [1.29, 1.82) is 0 Å². The number of imidazole rings is 1. The fraction of sp³-hybridized carbons (Fsp3) is 0.143. The van der Waals surface area contributed by atoms with E-state index >= 15 is 0 Å². The van der Waals surface area contributed by atoms with Crippen LogP contribution >= 0.6 is 0 Å². The predicted molar refractivity (Wildman–Crippen MR) is 101 cm³/mol. The molecule has 26 heavy (non-hydrogen) atoms. The van der Waals surface area contributed by atoms with E-state index in [1.165, 1.54) is 6.26 Å². The van der Waals surface area contributed by atoms with Crippen LogP contribution in [0.25, 0.3) is 11.0 Å². The summed E-state index contributed by atoms with van der Waals surface area (Å²) >= 11 is 0. The fourth-order valence-corrected chi connectivity index (χ4v) is 3.12. The molecule has 0 saturated heterocycles. The molecule has 4 rings (SSSR count). The molecule has 2 aromatic heterocycles. The minimum atomic E-state index is -0.245. The van der Waals surface area contributed by atoms with Gasteiger partial charge in [0.05, 0.1) is 17.3 Å². The summed E-state index contributed by atoms with van der Waals surface area (Å²) in [6.07, 6.45) is 3.07. The van der Waals surface area contributed by atoms with Crippen molar-refractivity contribution in [2.24, 2.45) is 7.05 Å². The second-order valence-corrected chi connectivity index (χ2v) is 6.16. The van der Waals surface area contributed by atoms with E-state index in [-0.39, 0.29) is 5.91 Å². The van der Waals surface area contributed by atoms with Crippen molar-refractivity contribution in [3.63, 3.8) is 0 Å². The number of fused-ring (bicyclic) bond motifs is 1. The number of nitrogens with one attached hydrogen (secondary N) is 1. The number of benzene rings is 2. The third-order valence-electron chi connectivity index (χ3n) is 4.51. The molecule has 0 radical (unpaired) electrons. The molecule has 130 valence electrons. The average molecular weight is 345 g/mol.